The van der Waals surface area contributed by atoms with Crippen LogP contribution in [0, 0.1) is 0 Å². The highest BCUT2D eigenvalue weighted by molar-refractivity contribution is 6.20. The predicted octanol–water partition coefficient (Wildman–Crippen LogP) is 12.7. The number of aromatic nitrogens is 1. The minimum absolute atomic E-state index is 0.475. The number of hydrogen-bond acceptors (Lipinski definition) is 4. The largest absolute Gasteiger partial charge is 0.453 e. The molecular weight excluding hydrogens is 637 g/mol. The van der Waals surface area contributed by atoms with Gasteiger partial charge in [-0.25, -0.2) is 4.98 Å². The Morgan fingerprint density at radius 3 is 1.88 bits per heavy atom. The van der Waals surface area contributed by atoms with Gasteiger partial charge in [-0.1, -0.05) is 140 Å². The van der Waals surface area contributed by atoms with E-state index in [0.29, 0.717) is 5.89 Å². The summed E-state index contributed by atoms with van der Waals surface area (Å²) in [7, 11) is 0. The van der Waals surface area contributed by atoms with E-state index in [1.807, 2.05) is 30.3 Å². The van der Waals surface area contributed by atoms with Crippen LogP contribution in [0.1, 0.15) is 22.3 Å². The highest BCUT2D eigenvalue weighted by Crippen LogP contribution is 2.56. The van der Waals surface area contributed by atoms with Crippen LogP contribution in [0.4, 0.5) is 11.4 Å². The van der Waals surface area contributed by atoms with E-state index in [-0.39, 0.29) is 0 Å². The second kappa shape index (κ2) is 11.0. The van der Waals surface area contributed by atoms with Crippen LogP contribution >= 0.6 is 0 Å². The fourth-order valence-electron chi connectivity index (χ4n) is 8.58. The van der Waals surface area contributed by atoms with Crippen molar-refractivity contribution in [2.75, 3.05) is 5.32 Å². The number of furan rings is 1. The summed E-state index contributed by atoms with van der Waals surface area (Å²) in [4.78, 5) is 4.86. The maximum absolute atomic E-state index is 6.82. The molecule has 4 nitrogen and oxygen atoms in total. The van der Waals surface area contributed by atoms with Crippen molar-refractivity contribution >= 4 is 55.2 Å². The Hall–Kier alpha value is -6.91. The second-order valence-corrected chi connectivity index (χ2v) is 13.5. The molecule has 0 bridgehead atoms. The normalized spacial score (nSPS) is 13.2. The lowest BCUT2D eigenvalue weighted by molar-refractivity contribution is 0.620. The molecule has 52 heavy (non-hydrogen) atoms. The van der Waals surface area contributed by atoms with E-state index in [1.165, 1.54) is 33.4 Å². The molecule has 0 fully saturated rings. The number of rotatable bonds is 5. The first-order valence-corrected chi connectivity index (χ1v) is 17.6. The molecule has 0 aliphatic heterocycles. The monoisotopic (exact) mass is 666 g/mol. The number of nitrogens with zero attached hydrogens (tertiary/aromatic N) is 1. The van der Waals surface area contributed by atoms with E-state index in [1.54, 1.807) is 0 Å². The van der Waals surface area contributed by atoms with Gasteiger partial charge >= 0.3 is 0 Å². The maximum Gasteiger partial charge on any atom is 0.227 e. The van der Waals surface area contributed by atoms with Gasteiger partial charge in [0.25, 0.3) is 0 Å². The first-order valence-electron chi connectivity index (χ1n) is 17.6. The molecule has 1 aliphatic rings. The second-order valence-electron chi connectivity index (χ2n) is 13.5. The van der Waals surface area contributed by atoms with E-state index in [9.17, 15) is 0 Å². The Bertz CT molecular complexity index is 2930. The molecule has 0 radical (unpaired) electrons. The summed E-state index contributed by atoms with van der Waals surface area (Å²) in [6, 6.07) is 62.1. The van der Waals surface area contributed by atoms with E-state index in [4.69, 9.17) is 13.8 Å². The lowest BCUT2D eigenvalue weighted by Gasteiger charge is -2.34. The number of oxazole rings is 1. The topological polar surface area (TPSA) is 51.2 Å². The Morgan fingerprint density at radius 2 is 1.08 bits per heavy atom. The zero-order valence-electron chi connectivity index (χ0n) is 28.0. The molecule has 0 amide bonds. The lowest BCUT2D eigenvalue weighted by Crippen LogP contribution is -2.28. The Morgan fingerprint density at radius 1 is 0.442 bits per heavy atom. The molecule has 0 saturated carbocycles. The van der Waals surface area contributed by atoms with Crippen molar-refractivity contribution in [2.45, 2.75) is 5.41 Å². The molecule has 0 saturated heterocycles. The average molecular weight is 667 g/mol. The third kappa shape index (κ3) is 4.06. The van der Waals surface area contributed by atoms with Crippen molar-refractivity contribution in [3.63, 3.8) is 0 Å². The number of nitrogens with one attached hydrogen (secondary N) is 1. The standard InChI is InChI=1S/C48H30N2O2/c1-2-14-30(15-3-1)48(40-23-8-6-19-34(40)35-20-7-9-24-41(35)48)31-16-12-17-32(28-31)49-43-26-13-22-37-38-29-39(47-50-42-25-10-11-27-44(42)51-47)33-18-4-5-21-36(33)45(38)52-46(37)43/h1-29,49H. The van der Waals surface area contributed by atoms with Crippen molar-refractivity contribution < 1.29 is 8.83 Å². The third-order valence-electron chi connectivity index (χ3n) is 10.8. The number of para-hydroxylation sites is 3. The smallest absolute Gasteiger partial charge is 0.227 e. The first-order chi connectivity index (χ1) is 25.8. The highest BCUT2D eigenvalue weighted by atomic mass is 16.3. The minimum Gasteiger partial charge on any atom is -0.453 e. The number of hydrogen-bond donors (Lipinski definition) is 1. The van der Waals surface area contributed by atoms with Crippen molar-refractivity contribution in [3.8, 4) is 22.6 Å². The van der Waals surface area contributed by atoms with Crippen LogP contribution in [0.25, 0.3) is 66.4 Å². The van der Waals surface area contributed by atoms with E-state index in [0.717, 1.165) is 60.7 Å². The third-order valence-corrected chi connectivity index (χ3v) is 10.8. The molecule has 1 N–H and O–H groups in total. The van der Waals surface area contributed by atoms with Gasteiger partial charge in [-0.2, -0.15) is 0 Å². The van der Waals surface area contributed by atoms with Gasteiger partial charge in [-0.05, 0) is 75.2 Å². The molecule has 8 aromatic carbocycles. The fourth-order valence-corrected chi connectivity index (χ4v) is 8.58. The van der Waals surface area contributed by atoms with Crippen molar-refractivity contribution in [2.24, 2.45) is 0 Å². The quantitative estimate of drug-likeness (QED) is 0.199. The van der Waals surface area contributed by atoms with Gasteiger partial charge in [0.2, 0.25) is 5.89 Å². The van der Waals surface area contributed by atoms with Gasteiger partial charge in [0.1, 0.15) is 11.1 Å². The van der Waals surface area contributed by atoms with Gasteiger partial charge in [0.15, 0.2) is 11.2 Å². The lowest BCUT2D eigenvalue weighted by atomic mass is 9.67. The molecule has 2 heterocycles. The molecule has 0 unspecified atom stereocenters. The summed E-state index contributed by atoms with van der Waals surface area (Å²) < 4.78 is 13.1. The van der Waals surface area contributed by atoms with Crippen molar-refractivity contribution in [1.29, 1.82) is 0 Å². The maximum atomic E-state index is 6.82. The number of fused-ring (bicyclic) bond motifs is 9. The van der Waals surface area contributed by atoms with Crippen LogP contribution in [-0.4, -0.2) is 4.98 Å². The highest BCUT2D eigenvalue weighted by Gasteiger charge is 2.45. The Labute approximate surface area is 299 Å². The van der Waals surface area contributed by atoms with E-state index < -0.39 is 5.41 Å². The molecule has 10 aromatic rings. The summed E-state index contributed by atoms with van der Waals surface area (Å²) in [6.45, 7) is 0. The zero-order chi connectivity index (χ0) is 34.2. The van der Waals surface area contributed by atoms with Crippen LogP contribution in [-0.2, 0) is 5.41 Å². The summed E-state index contributed by atoms with van der Waals surface area (Å²) in [6.07, 6.45) is 0. The van der Waals surface area contributed by atoms with Crippen molar-refractivity contribution in [3.05, 3.63) is 198 Å². The van der Waals surface area contributed by atoms with Gasteiger partial charge in [-0.3, -0.25) is 0 Å². The fraction of sp³-hybridized carbons (Fsp3) is 0.0208. The summed E-state index contributed by atoms with van der Waals surface area (Å²) in [5, 5.41) is 7.87. The van der Waals surface area contributed by atoms with Crippen molar-refractivity contribution in [1.82, 2.24) is 4.98 Å². The van der Waals surface area contributed by atoms with Gasteiger partial charge in [0.05, 0.1) is 11.1 Å². The average Bonchev–Trinajstić information content (AvgIpc) is 3.90. The molecule has 2 aromatic heterocycles. The van der Waals surface area contributed by atoms with Crippen LogP contribution in [0.15, 0.2) is 185 Å². The summed E-state index contributed by atoms with van der Waals surface area (Å²) >= 11 is 0. The molecule has 11 rings (SSSR count). The van der Waals surface area contributed by atoms with Gasteiger partial charge < -0.3 is 14.2 Å². The summed E-state index contributed by atoms with van der Waals surface area (Å²) in [5.41, 5.74) is 13.2. The predicted molar refractivity (Wildman–Crippen MR) is 211 cm³/mol. The molecule has 0 atom stereocenters. The SMILES string of the molecule is c1ccc(C2(c3cccc(Nc4cccc5c4oc4c6ccccc6c(-c6nc7ccccc7o6)cc54)c3)c3ccccc3-c3ccccc32)cc1. The molecule has 1 aliphatic carbocycles. The molecular formula is C48H30N2O2. The first kappa shape index (κ1) is 28.9. The summed E-state index contributed by atoms with van der Waals surface area (Å²) in [5.74, 6) is 0.599. The van der Waals surface area contributed by atoms with Crippen LogP contribution in [0.2, 0.25) is 0 Å². The van der Waals surface area contributed by atoms with Gasteiger partial charge in [0, 0.05) is 27.4 Å². The molecule has 4 heteroatoms. The molecule has 244 valence electrons. The van der Waals surface area contributed by atoms with Crippen LogP contribution in [0.3, 0.4) is 0 Å². The van der Waals surface area contributed by atoms with E-state index >= 15 is 0 Å². The number of benzene rings is 8. The number of anilines is 2. The van der Waals surface area contributed by atoms with E-state index in [2.05, 4.69) is 151 Å². The minimum atomic E-state index is -0.475. The van der Waals surface area contributed by atoms with Gasteiger partial charge in [-0.15, -0.1) is 0 Å². The zero-order valence-corrected chi connectivity index (χ0v) is 28.0. The Balaban J connectivity index is 1.08. The van der Waals surface area contributed by atoms with Crippen LogP contribution in [0.5, 0.6) is 0 Å². The molecule has 0 spiro atoms. The Kier molecular flexibility index (Phi) is 6.13. The van der Waals surface area contributed by atoms with Crippen LogP contribution < -0.4 is 5.32 Å².